The molecular formula is C12H13N3. The lowest BCUT2D eigenvalue weighted by atomic mass is 10.2. The van der Waals surface area contributed by atoms with Gasteiger partial charge in [0, 0.05) is 7.05 Å². The summed E-state index contributed by atoms with van der Waals surface area (Å²) in [6, 6.07) is 7.86. The summed E-state index contributed by atoms with van der Waals surface area (Å²) in [6.45, 7) is 1.97. The van der Waals surface area contributed by atoms with Crippen LogP contribution < -0.4 is 5.32 Å². The Bertz CT molecular complexity index is 503. The lowest BCUT2D eigenvalue weighted by molar-refractivity contribution is 1.24. The van der Waals surface area contributed by atoms with E-state index in [9.17, 15) is 0 Å². The summed E-state index contributed by atoms with van der Waals surface area (Å²) in [7, 11) is 1.85. The van der Waals surface area contributed by atoms with Crippen LogP contribution in [0.15, 0.2) is 30.3 Å². The van der Waals surface area contributed by atoms with Crippen LogP contribution in [0, 0.1) is 0 Å². The van der Waals surface area contributed by atoms with Crippen molar-refractivity contribution < 1.29 is 0 Å². The maximum Gasteiger partial charge on any atom is 0.152 e. The van der Waals surface area contributed by atoms with Crippen LogP contribution in [0.5, 0.6) is 0 Å². The van der Waals surface area contributed by atoms with E-state index in [1.165, 1.54) is 0 Å². The van der Waals surface area contributed by atoms with Crippen LogP contribution in [0.4, 0.5) is 5.82 Å². The summed E-state index contributed by atoms with van der Waals surface area (Å²) >= 11 is 0. The van der Waals surface area contributed by atoms with E-state index in [1.807, 2.05) is 50.4 Å². The number of nitrogens with one attached hydrogen (secondary N) is 1. The molecule has 1 heterocycles. The molecular weight excluding hydrogens is 186 g/mol. The smallest absolute Gasteiger partial charge is 0.152 e. The molecule has 3 nitrogen and oxygen atoms in total. The molecule has 15 heavy (non-hydrogen) atoms. The number of hydrogen-bond donors (Lipinski definition) is 1. The van der Waals surface area contributed by atoms with E-state index >= 15 is 0 Å². The molecule has 2 rings (SSSR count). The second kappa shape index (κ2) is 4.09. The Morgan fingerprint density at radius 3 is 2.40 bits per heavy atom. The van der Waals surface area contributed by atoms with Crippen LogP contribution in [0.25, 0.3) is 17.1 Å². The van der Waals surface area contributed by atoms with Crippen LogP contribution in [-0.4, -0.2) is 17.0 Å². The summed E-state index contributed by atoms with van der Waals surface area (Å²) in [5.41, 5.74) is 2.71. The SMILES string of the molecule is C/C=C/c1nc2ccccc2nc1NC. The predicted octanol–water partition coefficient (Wildman–Crippen LogP) is 2.70. The highest BCUT2D eigenvalue weighted by atomic mass is 15.0. The highest BCUT2D eigenvalue weighted by Gasteiger charge is 2.03. The average Bonchev–Trinajstić information content (AvgIpc) is 2.28. The molecule has 0 amide bonds. The Labute approximate surface area is 88.9 Å². The topological polar surface area (TPSA) is 37.8 Å². The molecule has 0 bridgehead atoms. The van der Waals surface area contributed by atoms with Crippen molar-refractivity contribution in [3.05, 3.63) is 36.0 Å². The van der Waals surface area contributed by atoms with E-state index in [2.05, 4.69) is 15.3 Å². The van der Waals surface area contributed by atoms with Crippen molar-refractivity contribution >= 4 is 22.9 Å². The van der Waals surface area contributed by atoms with Gasteiger partial charge in [0.15, 0.2) is 5.82 Å². The predicted molar refractivity (Wildman–Crippen MR) is 63.8 cm³/mol. The molecule has 76 valence electrons. The van der Waals surface area contributed by atoms with Crippen molar-refractivity contribution in [1.29, 1.82) is 0 Å². The van der Waals surface area contributed by atoms with E-state index in [0.717, 1.165) is 22.5 Å². The highest BCUT2D eigenvalue weighted by molar-refractivity contribution is 5.78. The van der Waals surface area contributed by atoms with Gasteiger partial charge in [-0.1, -0.05) is 18.2 Å². The number of benzene rings is 1. The van der Waals surface area contributed by atoms with E-state index in [-0.39, 0.29) is 0 Å². The normalized spacial score (nSPS) is 11.1. The van der Waals surface area contributed by atoms with Crippen LogP contribution in [0.1, 0.15) is 12.6 Å². The van der Waals surface area contributed by atoms with Gasteiger partial charge >= 0.3 is 0 Å². The minimum Gasteiger partial charge on any atom is -0.371 e. The summed E-state index contributed by atoms with van der Waals surface area (Å²) in [6.07, 6.45) is 3.91. The largest absolute Gasteiger partial charge is 0.371 e. The first kappa shape index (κ1) is 9.65. The standard InChI is InChI=1S/C12H13N3/c1-3-6-11-12(13-2)15-10-8-5-4-7-9(10)14-11/h3-8H,1-2H3,(H,13,15)/b6-3+. The van der Waals surface area contributed by atoms with Crippen LogP contribution in [0.2, 0.25) is 0 Å². The summed E-state index contributed by atoms with van der Waals surface area (Å²) < 4.78 is 0. The molecule has 1 aromatic carbocycles. The first-order valence-corrected chi connectivity index (χ1v) is 4.92. The van der Waals surface area contributed by atoms with Crippen LogP contribution >= 0.6 is 0 Å². The molecule has 0 spiro atoms. The maximum atomic E-state index is 4.52. The molecule has 0 aliphatic rings. The lowest BCUT2D eigenvalue weighted by Crippen LogP contribution is -1.98. The Morgan fingerprint density at radius 1 is 1.13 bits per heavy atom. The van der Waals surface area contributed by atoms with Gasteiger partial charge < -0.3 is 5.32 Å². The van der Waals surface area contributed by atoms with Gasteiger partial charge in [0.2, 0.25) is 0 Å². The third-order valence-electron chi connectivity index (χ3n) is 2.16. The fourth-order valence-electron chi connectivity index (χ4n) is 1.47. The number of nitrogens with zero attached hydrogens (tertiary/aromatic N) is 2. The van der Waals surface area contributed by atoms with E-state index in [1.54, 1.807) is 0 Å². The molecule has 1 aromatic heterocycles. The molecule has 0 saturated heterocycles. The van der Waals surface area contributed by atoms with E-state index < -0.39 is 0 Å². The van der Waals surface area contributed by atoms with Crippen molar-refractivity contribution in [3.63, 3.8) is 0 Å². The van der Waals surface area contributed by atoms with Crippen molar-refractivity contribution in [2.45, 2.75) is 6.92 Å². The van der Waals surface area contributed by atoms with Gasteiger partial charge in [-0.3, -0.25) is 0 Å². The first-order chi connectivity index (χ1) is 7.35. The third kappa shape index (κ3) is 1.81. The zero-order chi connectivity index (χ0) is 10.7. The molecule has 0 atom stereocenters. The first-order valence-electron chi connectivity index (χ1n) is 4.92. The number of para-hydroxylation sites is 2. The molecule has 0 fully saturated rings. The number of fused-ring (bicyclic) bond motifs is 1. The fourth-order valence-corrected chi connectivity index (χ4v) is 1.47. The lowest BCUT2D eigenvalue weighted by Gasteiger charge is -2.05. The van der Waals surface area contributed by atoms with Crippen LogP contribution in [-0.2, 0) is 0 Å². The molecule has 2 aromatic rings. The van der Waals surface area contributed by atoms with Gasteiger partial charge in [-0.05, 0) is 25.1 Å². The van der Waals surface area contributed by atoms with Crippen molar-refractivity contribution in [1.82, 2.24) is 9.97 Å². The van der Waals surface area contributed by atoms with Gasteiger partial charge in [0.1, 0.15) is 5.69 Å². The molecule has 1 N–H and O–H groups in total. The number of allylic oxidation sites excluding steroid dienone is 1. The number of aromatic nitrogens is 2. The second-order valence-corrected chi connectivity index (χ2v) is 3.20. The monoisotopic (exact) mass is 199 g/mol. The summed E-state index contributed by atoms with van der Waals surface area (Å²) in [5, 5.41) is 3.05. The zero-order valence-electron chi connectivity index (χ0n) is 8.86. The number of anilines is 1. The molecule has 0 aliphatic heterocycles. The van der Waals surface area contributed by atoms with E-state index in [0.29, 0.717) is 0 Å². The van der Waals surface area contributed by atoms with E-state index in [4.69, 9.17) is 0 Å². The molecule has 0 radical (unpaired) electrons. The summed E-state index contributed by atoms with van der Waals surface area (Å²) in [5.74, 6) is 0.812. The maximum absolute atomic E-state index is 4.52. The van der Waals surface area contributed by atoms with Gasteiger partial charge in [0.05, 0.1) is 11.0 Å². The van der Waals surface area contributed by atoms with Crippen molar-refractivity contribution in [2.24, 2.45) is 0 Å². The second-order valence-electron chi connectivity index (χ2n) is 3.20. The number of hydrogen-bond acceptors (Lipinski definition) is 3. The van der Waals surface area contributed by atoms with Gasteiger partial charge in [0.25, 0.3) is 0 Å². The van der Waals surface area contributed by atoms with Gasteiger partial charge in [-0.2, -0.15) is 0 Å². The van der Waals surface area contributed by atoms with Gasteiger partial charge in [-0.15, -0.1) is 0 Å². The summed E-state index contributed by atoms with van der Waals surface area (Å²) in [4.78, 5) is 9.01. The number of rotatable bonds is 2. The highest BCUT2D eigenvalue weighted by Crippen LogP contribution is 2.17. The van der Waals surface area contributed by atoms with Crippen LogP contribution in [0.3, 0.4) is 0 Å². The van der Waals surface area contributed by atoms with Gasteiger partial charge in [-0.25, -0.2) is 9.97 Å². The van der Waals surface area contributed by atoms with Crippen molar-refractivity contribution in [3.8, 4) is 0 Å². The Hall–Kier alpha value is -1.90. The minimum atomic E-state index is 0.812. The molecule has 0 unspecified atom stereocenters. The van der Waals surface area contributed by atoms with Crippen molar-refractivity contribution in [2.75, 3.05) is 12.4 Å². The molecule has 3 heteroatoms. The Morgan fingerprint density at radius 2 is 1.80 bits per heavy atom. The molecule has 0 aliphatic carbocycles. The minimum absolute atomic E-state index is 0.812. The zero-order valence-corrected chi connectivity index (χ0v) is 8.86. The fraction of sp³-hybridized carbons (Fsp3) is 0.167. The Balaban J connectivity index is 2.69. The average molecular weight is 199 g/mol. The Kier molecular flexibility index (Phi) is 2.63. The quantitative estimate of drug-likeness (QED) is 0.808. The molecule has 0 saturated carbocycles. The third-order valence-corrected chi connectivity index (χ3v) is 2.16.